The Morgan fingerprint density at radius 1 is 1.35 bits per heavy atom. The van der Waals surface area contributed by atoms with Crippen LogP contribution in [-0.4, -0.2) is 26.9 Å². The van der Waals surface area contributed by atoms with E-state index in [2.05, 4.69) is 21.0 Å². The summed E-state index contributed by atoms with van der Waals surface area (Å²) in [5, 5.41) is 11.3. The van der Waals surface area contributed by atoms with Gasteiger partial charge >= 0.3 is 0 Å². The smallest absolute Gasteiger partial charge is 0.260 e. The molecule has 7 heteroatoms. The number of nitrogen functional groups attached to an aromatic ring is 1. The average molecular weight is 251 g/mol. The first-order valence-electron chi connectivity index (χ1n) is 4.95. The third kappa shape index (κ3) is 3.18. The molecule has 2 rings (SSSR count). The topological polar surface area (TPSA) is 81.7 Å². The Morgan fingerprint density at radius 3 is 2.76 bits per heavy atom. The molecule has 0 amide bonds. The maximum atomic E-state index is 5.78. The zero-order chi connectivity index (χ0) is 12.1. The standard InChI is InChI=1S/C10H11ClN6/c11-9-5-3-8(4-6-9)2-1-7-13-17-10(12)14-15-16-17/h1-6,13H,7H2,(H2,12,14,16)/b2-1-. The van der Waals surface area contributed by atoms with E-state index in [1.54, 1.807) is 0 Å². The van der Waals surface area contributed by atoms with Gasteiger partial charge in [0.15, 0.2) is 0 Å². The summed E-state index contributed by atoms with van der Waals surface area (Å²) in [4.78, 5) is 1.31. The number of nitrogens with one attached hydrogen (secondary N) is 1. The molecule has 0 saturated heterocycles. The molecule has 0 unspecified atom stereocenters. The number of rotatable bonds is 4. The van der Waals surface area contributed by atoms with Gasteiger partial charge in [-0.2, -0.15) is 0 Å². The largest absolute Gasteiger partial charge is 0.365 e. The fourth-order valence-corrected chi connectivity index (χ4v) is 1.34. The van der Waals surface area contributed by atoms with Crippen LogP contribution in [-0.2, 0) is 0 Å². The summed E-state index contributed by atoms with van der Waals surface area (Å²) in [6.45, 7) is 0.567. The molecule has 0 atom stereocenters. The number of aromatic nitrogens is 4. The molecule has 0 spiro atoms. The van der Waals surface area contributed by atoms with Gasteiger partial charge in [0, 0.05) is 5.02 Å². The molecule has 6 nitrogen and oxygen atoms in total. The van der Waals surface area contributed by atoms with Crippen molar-refractivity contribution in [2.75, 3.05) is 17.7 Å². The molecule has 0 bridgehead atoms. The summed E-state index contributed by atoms with van der Waals surface area (Å²) in [6.07, 6.45) is 3.90. The Kier molecular flexibility index (Phi) is 3.56. The van der Waals surface area contributed by atoms with Crippen LogP contribution in [0.5, 0.6) is 0 Å². The minimum absolute atomic E-state index is 0.227. The zero-order valence-electron chi connectivity index (χ0n) is 8.92. The van der Waals surface area contributed by atoms with Gasteiger partial charge in [0.1, 0.15) is 0 Å². The van der Waals surface area contributed by atoms with Gasteiger partial charge in [0.25, 0.3) is 5.95 Å². The molecule has 1 aromatic heterocycles. The molecule has 0 aliphatic heterocycles. The van der Waals surface area contributed by atoms with Crippen molar-refractivity contribution in [1.82, 2.24) is 20.3 Å². The molecule has 0 aliphatic carbocycles. The van der Waals surface area contributed by atoms with Crippen molar-refractivity contribution in [3.05, 3.63) is 40.9 Å². The Morgan fingerprint density at radius 2 is 2.12 bits per heavy atom. The molecule has 0 radical (unpaired) electrons. The molecule has 0 aliphatic rings. The Hall–Kier alpha value is -2.08. The fourth-order valence-electron chi connectivity index (χ4n) is 1.21. The second-order valence-corrected chi connectivity index (χ2v) is 3.70. The zero-order valence-corrected chi connectivity index (χ0v) is 9.67. The molecule has 1 heterocycles. The van der Waals surface area contributed by atoms with Crippen LogP contribution in [0.4, 0.5) is 5.95 Å². The second kappa shape index (κ2) is 5.31. The van der Waals surface area contributed by atoms with E-state index in [0.717, 1.165) is 10.6 Å². The maximum Gasteiger partial charge on any atom is 0.260 e. The van der Waals surface area contributed by atoms with Crippen molar-refractivity contribution in [2.24, 2.45) is 0 Å². The van der Waals surface area contributed by atoms with Crippen LogP contribution in [0.25, 0.3) is 6.08 Å². The molecular weight excluding hydrogens is 240 g/mol. The third-order valence-corrected chi connectivity index (χ3v) is 2.28. The van der Waals surface area contributed by atoms with E-state index < -0.39 is 0 Å². The molecular formula is C10H11ClN6. The monoisotopic (exact) mass is 250 g/mol. The number of tetrazole rings is 1. The molecule has 0 saturated carbocycles. The predicted octanol–water partition coefficient (Wildman–Crippen LogP) is 1.17. The lowest BCUT2D eigenvalue weighted by Crippen LogP contribution is -2.18. The van der Waals surface area contributed by atoms with E-state index in [4.69, 9.17) is 17.3 Å². The van der Waals surface area contributed by atoms with Crippen LogP contribution < -0.4 is 11.2 Å². The molecule has 1 aromatic carbocycles. The Labute approximate surface area is 103 Å². The first kappa shape index (κ1) is 11.4. The number of halogens is 1. The summed E-state index contributed by atoms with van der Waals surface area (Å²) in [5.74, 6) is 0.227. The molecule has 88 valence electrons. The van der Waals surface area contributed by atoms with Crippen LogP contribution in [0.1, 0.15) is 5.56 Å². The lowest BCUT2D eigenvalue weighted by molar-refractivity contribution is 0.714. The summed E-state index contributed by atoms with van der Waals surface area (Å²) in [6, 6.07) is 7.55. The van der Waals surface area contributed by atoms with Gasteiger partial charge in [-0.05, 0) is 28.1 Å². The highest BCUT2D eigenvalue weighted by Crippen LogP contribution is 2.10. The van der Waals surface area contributed by atoms with E-state index in [1.807, 2.05) is 36.4 Å². The third-order valence-electron chi connectivity index (χ3n) is 2.03. The van der Waals surface area contributed by atoms with E-state index in [0.29, 0.717) is 6.54 Å². The van der Waals surface area contributed by atoms with Crippen molar-refractivity contribution in [2.45, 2.75) is 0 Å². The van der Waals surface area contributed by atoms with Crippen LogP contribution in [0.3, 0.4) is 0 Å². The van der Waals surface area contributed by atoms with Crippen molar-refractivity contribution in [1.29, 1.82) is 0 Å². The lowest BCUT2D eigenvalue weighted by atomic mass is 10.2. The molecule has 2 aromatic rings. The van der Waals surface area contributed by atoms with Crippen molar-refractivity contribution >= 4 is 23.6 Å². The fraction of sp³-hybridized carbons (Fsp3) is 0.100. The second-order valence-electron chi connectivity index (χ2n) is 3.27. The van der Waals surface area contributed by atoms with Gasteiger partial charge in [0.05, 0.1) is 6.54 Å². The number of benzene rings is 1. The minimum Gasteiger partial charge on any atom is -0.365 e. The van der Waals surface area contributed by atoms with Gasteiger partial charge in [0.2, 0.25) is 0 Å². The minimum atomic E-state index is 0.227. The van der Waals surface area contributed by atoms with Gasteiger partial charge < -0.3 is 11.2 Å². The van der Waals surface area contributed by atoms with Gasteiger partial charge in [-0.25, -0.2) is 0 Å². The first-order valence-corrected chi connectivity index (χ1v) is 5.33. The highest BCUT2D eigenvalue weighted by Gasteiger charge is 1.96. The number of nitrogens with zero attached hydrogens (tertiary/aromatic N) is 4. The summed E-state index contributed by atoms with van der Waals surface area (Å²) in [7, 11) is 0. The number of hydrogen-bond acceptors (Lipinski definition) is 5. The average Bonchev–Trinajstić information content (AvgIpc) is 2.73. The summed E-state index contributed by atoms with van der Waals surface area (Å²) < 4.78 is 0. The predicted molar refractivity (Wildman–Crippen MR) is 66.9 cm³/mol. The SMILES string of the molecule is Nc1nnnn1NC/C=C\c1ccc(Cl)cc1. The lowest BCUT2D eigenvalue weighted by Gasteiger charge is -2.01. The van der Waals surface area contributed by atoms with Crippen molar-refractivity contribution in [3.63, 3.8) is 0 Å². The van der Waals surface area contributed by atoms with Gasteiger partial charge in [-0.1, -0.05) is 41.0 Å². The number of nitrogens with two attached hydrogens (primary N) is 1. The highest BCUT2D eigenvalue weighted by atomic mass is 35.5. The van der Waals surface area contributed by atoms with E-state index in [-0.39, 0.29) is 5.95 Å². The van der Waals surface area contributed by atoms with E-state index >= 15 is 0 Å². The van der Waals surface area contributed by atoms with E-state index in [1.165, 1.54) is 4.79 Å². The maximum absolute atomic E-state index is 5.78. The van der Waals surface area contributed by atoms with Crippen molar-refractivity contribution in [3.8, 4) is 0 Å². The van der Waals surface area contributed by atoms with Gasteiger partial charge in [-0.3, -0.25) is 0 Å². The quantitative estimate of drug-likeness (QED) is 0.851. The van der Waals surface area contributed by atoms with Crippen LogP contribution in [0.15, 0.2) is 30.3 Å². The van der Waals surface area contributed by atoms with E-state index in [9.17, 15) is 0 Å². The summed E-state index contributed by atoms with van der Waals surface area (Å²) >= 11 is 5.78. The molecule has 3 N–H and O–H groups in total. The number of hydrogen-bond donors (Lipinski definition) is 2. The van der Waals surface area contributed by atoms with Crippen LogP contribution >= 0.6 is 11.6 Å². The van der Waals surface area contributed by atoms with Crippen molar-refractivity contribution < 1.29 is 0 Å². The summed E-state index contributed by atoms with van der Waals surface area (Å²) in [5.41, 5.74) is 9.46. The number of anilines is 1. The molecule has 17 heavy (non-hydrogen) atoms. The normalized spacial score (nSPS) is 10.9. The van der Waals surface area contributed by atoms with Crippen LogP contribution in [0.2, 0.25) is 5.02 Å². The van der Waals surface area contributed by atoms with Gasteiger partial charge in [-0.15, -0.1) is 4.79 Å². The molecule has 0 fully saturated rings. The Balaban J connectivity index is 1.86. The van der Waals surface area contributed by atoms with Crippen LogP contribution in [0, 0.1) is 0 Å². The Bertz CT molecular complexity index is 504. The first-order chi connectivity index (χ1) is 8.25. The highest BCUT2D eigenvalue weighted by molar-refractivity contribution is 6.30.